The van der Waals surface area contributed by atoms with Crippen LogP contribution >= 0.6 is 0 Å². The van der Waals surface area contributed by atoms with Crippen molar-refractivity contribution in [1.82, 2.24) is 40.2 Å². The lowest BCUT2D eigenvalue weighted by Crippen LogP contribution is -2.29. The minimum Gasteiger partial charge on any atom is -0.489 e. The lowest BCUT2D eigenvalue weighted by molar-refractivity contribution is -0.143. The first-order valence-corrected chi connectivity index (χ1v) is 12.0. The maximum absolute atomic E-state index is 11.4. The molecule has 2 aliphatic rings. The van der Waals surface area contributed by atoms with Gasteiger partial charge in [-0.2, -0.15) is 0 Å². The average Bonchev–Trinajstić information content (AvgIpc) is 3.39. The predicted octanol–water partition coefficient (Wildman–Crippen LogP) is 2.59. The van der Waals surface area contributed by atoms with Gasteiger partial charge < -0.3 is 9.84 Å². The number of aryl methyl sites for hydroxylation is 2. The number of hydrogen-bond acceptors (Lipinski definition) is 8. The summed E-state index contributed by atoms with van der Waals surface area (Å²) in [6, 6.07) is 3.77. The lowest BCUT2D eigenvalue weighted by Gasteiger charge is -2.27. The van der Waals surface area contributed by atoms with E-state index in [1.165, 1.54) is 19.3 Å². The van der Waals surface area contributed by atoms with E-state index in [-0.39, 0.29) is 12.0 Å². The Morgan fingerprint density at radius 3 is 2.71 bits per heavy atom. The van der Waals surface area contributed by atoms with Crippen LogP contribution in [0.4, 0.5) is 0 Å². The number of ether oxygens (including phenoxy) is 1. The fourth-order valence-corrected chi connectivity index (χ4v) is 4.80. The first-order valence-electron chi connectivity index (χ1n) is 12.0. The van der Waals surface area contributed by atoms with Crippen molar-refractivity contribution in [2.24, 2.45) is 18.9 Å². The average molecular weight is 467 g/mol. The first-order chi connectivity index (χ1) is 16.5. The van der Waals surface area contributed by atoms with E-state index in [9.17, 15) is 9.90 Å². The summed E-state index contributed by atoms with van der Waals surface area (Å²) in [5.74, 6) is 1.15. The molecule has 2 atom stereocenters. The third-order valence-corrected chi connectivity index (χ3v) is 7.09. The highest BCUT2D eigenvalue weighted by molar-refractivity contribution is 5.70. The van der Waals surface area contributed by atoms with Crippen molar-refractivity contribution in [3.05, 3.63) is 29.3 Å². The standard InChI is InChI=1S/C23H30N8O3/c1-14-20(34-17-8-4-7-16(12-17)23(32)33)10-9-18(24-14)22-19(30(2)28-26-22)13-31-21(25-27-29-31)11-15-5-3-6-15/h9-10,15-17H,3-8,11-13H2,1-2H3,(H,32,33)/t16-,17-/m0/s1. The quantitative estimate of drug-likeness (QED) is 0.531. The molecule has 34 heavy (non-hydrogen) atoms. The highest BCUT2D eigenvalue weighted by Gasteiger charge is 2.29. The molecule has 0 bridgehead atoms. The van der Waals surface area contributed by atoms with Gasteiger partial charge in [-0.15, -0.1) is 10.2 Å². The maximum atomic E-state index is 11.4. The van der Waals surface area contributed by atoms with E-state index in [0.29, 0.717) is 42.4 Å². The van der Waals surface area contributed by atoms with E-state index < -0.39 is 5.97 Å². The highest BCUT2D eigenvalue weighted by Crippen LogP contribution is 2.31. The molecule has 2 aliphatic carbocycles. The molecule has 0 amide bonds. The normalized spacial score (nSPS) is 20.8. The van der Waals surface area contributed by atoms with E-state index in [0.717, 1.165) is 36.5 Å². The molecule has 5 rings (SSSR count). The van der Waals surface area contributed by atoms with Crippen LogP contribution in [0.5, 0.6) is 5.75 Å². The zero-order chi connectivity index (χ0) is 23.7. The van der Waals surface area contributed by atoms with Crippen LogP contribution in [0.1, 0.15) is 62.2 Å². The molecule has 3 aromatic heterocycles. The molecular formula is C23H30N8O3. The van der Waals surface area contributed by atoms with E-state index >= 15 is 0 Å². The van der Waals surface area contributed by atoms with Crippen LogP contribution in [0.25, 0.3) is 11.4 Å². The molecule has 0 aromatic carbocycles. The van der Waals surface area contributed by atoms with Crippen molar-refractivity contribution < 1.29 is 14.6 Å². The zero-order valence-corrected chi connectivity index (χ0v) is 19.6. The maximum Gasteiger partial charge on any atom is 0.306 e. The number of carbonyl (C=O) groups is 1. The summed E-state index contributed by atoms with van der Waals surface area (Å²) >= 11 is 0. The Hall–Kier alpha value is -3.37. The summed E-state index contributed by atoms with van der Waals surface area (Å²) in [5, 5.41) is 30.2. The first kappa shape index (κ1) is 22.4. The number of tetrazole rings is 1. The van der Waals surface area contributed by atoms with Crippen LogP contribution in [0, 0.1) is 18.8 Å². The molecule has 2 fully saturated rings. The van der Waals surface area contributed by atoms with Gasteiger partial charge in [-0.25, -0.2) is 14.3 Å². The third-order valence-electron chi connectivity index (χ3n) is 7.09. The molecule has 3 aromatic rings. The largest absolute Gasteiger partial charge is 0.489 e. The second-order valence-electron chi connectivity index (χ2n) is 9.48. The second-order valence-corrected chi connectivity index (χ2v) is 9.48. The Balaban J connectivity index is 1.33. The molecule has 0 saturated heterocycles. The van der Waals surface area contributed by atoms with E-state index in [1.54, 1.807) is 4.68 Å². The number of carboxylic acid groups (broad SMARTS) is 1. The van der Waals surface area contributed by atoms with Crippen molar-refractivity contribution >= 4 is 5.97 Å². The van der Waals surface area contributed by atoms with Crippen LogP contribution in [-0.4, -0.2) is 57.4 Å². The molecule has 11 heteroatoms. The van der Waals surface area contributed by atoms with Gasteiger partial charge in [0, 0.05) is 13.5 Å². The number of nitrogens with zero attached hydrogens (tertiary/aromatic N) is 8. The summed E-state index contributed by atoms with van der Waals surface area (Å²) in [7, 11) is 1.86. The molecule has 0 aliphatic heterocycles. The van der Waals surface area contributed by atoms with Gasteiger partial charge in [0.1, 0.15) is 11.4 Å². The van der Waals surface area contributed by atoms with Gasteiger partial charge in [0.25, 0.3) is 0 Å². The van der Waals surface area contributed by atoms with E-state index in [4.69, 9.17) is 9.72 Å². The van der Waals surface area contributed by atoms with E-state index in [2.05, 4.69) is 25.8 Å². The lowest BCUT2D eigenvalue weighted by atomic mass is 9.83. The number of carboxylic acids is 1. The van der Waals surface area contributed by atoms with Crippen LogP contribution in [-0.2, 0) is 24.8 Å². The topological polar surface area (TPSA) is 134 Å². The summed E-state index contributed by atoms with van der Waals surface area (Å²) in [6.45, 7) is 2.36. The molecule has 0 spiro atoms. The van der Waals surface area contributed by atoms with Gasteiger partial charge in [-0.1, -0.05) is 24.5 Å². The van der Waals surface area contributed by atoms with Gasteiger partial charge >= 0.3 is 5.97 Å². The number of rotatable bonds is 8. The molecule has 2 saturated carbocycles. The predicted molar refractivity (Wildman–Crippen MR) is 121 cm³/mol. The number of aromatic nitrogens is 8. The van der Waals surface area contributed by atoms with Gasteiger partial charge in [0.15, 0.2) is 5.82 Å². The van der Waals surface area contributed by atoms with Gasteiger partial charge in [-0.05, 0) is 61.1 Å². The minimum atomic E-state index is -0.743. The van der Waals surface area contributed by atoms with Crippen molar-refractivity contribution in [2.45, 2.75) is 70.9 Å². The molecule has 11 nitrogen and oxygen atoms in total. The van der Waals surface area contributed by atoms with E-state index in [1.807, 2.05) is 30.8 Å². The summed E-state index contributed by atoms with van der Waals surface area (Å²) in [6.07, 6.45) is 7.49. The Morgan fingerprint density at radius 1 is 1.15 bits per heavy atom. The zero-order valence-electron chi connectivity index (χ0n) is 19.6. The fourth-order valence-electron chi connectivity index (χ4n) is 4.80. The van der Waals surface area contributed by atoms with Gasteiger partial charge in [0.2, 0.25) is 0 Å². The molecule has 0 radical (unpaired) electrons. The van der Waals surface area contributed by atoms with Gasteiger partial charge in [0.05, 0.1) is 35.6 Å². The molecule has 180 valence electrons. The van der Waals surface area contributed by atoms with Crippen LogP contribution in [0.3, 0.4) is 0 Å². The van der Waals surface area contributed by atoms with Crippen molar-refractivity contribution in [3.8, 4) is 17.1 Å². The van der Waals surface area contributed by atoms with Crippen molar-refractivity contribution in [2.75, 3.05) is 0 Å². The SMILES string of the molecule is Cc1nc(-c2nnn(C)c2Cn2nnnc2CC2CCC2)ccc1O[C@H]1CCC[C@H](C(=O)O)C1. The van der Waals surface area contributed by atoms with Crippen molar-refractivity contribution in [3.63, 3.8) is 0 Å². The molecule has 1 N–H and O–H groups in total. The number of pyridine rings is 1. The van der Waals surface area contributed by atoms with Crippen LogP contribution in [0.15, 0.2) is 12.1 Å². The Kier molecular flexibility index (Phi) is 6.25. The Bertz CT molecular complexity index is 1170. The Labute approximate surface area is 197 Å². The van der Waals surface area contributed by atoms with Crippen LogP contribution < -0.4 is 4.74 Å². The smallest absolute Gasteiger partial charge is 0.306 e. The molecular weight excluding hydrogens is 436 g/mol. The summed E-state index contributed by atoms with van der Waals surface area (Å²) in [4.78, 5) is 16.1. The minimum absolute atomic E-state index is 0.109. The third kappa shape index (κ3) is 4.64. The monoisotopic (exact) mass is 466 g/mol. The van der Waals surface area contributed by atoms with Crippen LogP contribution in [0.2, 0.25) is 0 Å². The van der Waals surface area contributed by atoms with Gasteiger partial charge in [-0.3, -0.25) is 4.79 Å². The molecule has 3 heterocycles. The number of hydrogen-bond donors (Lipinski definition) is 1. The highest BCUT2D eigenvalue weighted by atomic mass is 16.5. The fraction of sp³-hybridized carbons (Fsp3) is 0.609. The summed E-state index contributed by atoms with van der Waals surface area (Å²) < 4.78 is 9.71. The second kappa shape index (κ2) is 9.47. The molecule has 0 unspecified atom stereocenters. The van der Waals surface area contributed by atoms with Crippen molar-refractivity contribution in [1.29, 1.82) is 0 Å². The summed E-state index contributed by atoms with van der Waals surface area (Å²) in [5.41, 5.74) is 3.00. The Morgan fingerprint density at radius 2 is 1.97 bits per heavy atom. The number of aliphatic carboxylic acids is 1.